The van der Waals surface area contributed by atoms with E-state index in [1.54, 1.807) is 31.4 Å². The molecule has 0 bridgehead atoms. The van der Waals surface area contributed by atoms with Gasteiger partial charge in [-0.25, -0.2) is 9.67 Å². The number of amides is 1. The third-order valence-electron chi connectivity index (χ3n) is 7.66. The lowest BCUT2D eigenvalue weighted by Crippen LogP contribution is -2.41. The number of aryl methyl sites for hydroxylation is 1. The predicted molar refractivity (Wildman–Crippen MR) is 164 cm³/mol. The van der Waals surface area contributed by atoms with Gasteiger partial charge in [-0.2, -0.15) is 10.4 Å². The van der Waals surface area contributed by atoms with Crippen molar-refractivity contribution in [2.24, 2.45) is 7.05 Å². The largest absolute Gasteiger partial charge is 0.481 e. The molecule has 0 aliphatic heterocycles. The van der Waals surface area contributed by atoms with Crippen LogP contribution >= 0.6 is 11.6 Å². The Hall–Kier alpha value is -4.56. The molecule has 0 saturated heterocycles. The van der Waals surface area contributed by atoms with Gasteiger partial charge in [-0.05, 0) is 31.0 Å². The Kier molecular flexibility index (Phi) is 9.16. The molecule has 2 unspecified atom stereocenters. The monoisotopic (exact) mass is 598 g/mol. The first kappa shape index (κ1) is 29.9. The second-order valence-electron chi connectivity index (χ2n) is 10.3. The molecule has 2 heterocycles. The molecule has 1 saturated carbocycles. The summed E-state index contributed by atoms with van der Waals surface area (Å²) in [5.74, 6) is -0.207. The van der Waals surface area contributed by atoms with Gasteiger partial charge in [0.25, 0.3) is 11.5 Å². The second kappa shape index (κ2) is 13.2. The minimum absolute atomic E-state index is 0.0363. The number of ether oxygens (including phenoxy) is 1. The Labute approximate surface area is 253 Å². The fourth-order valence-corrected chi connectivity index (χ4v) is 5.65. The van der Waals surface area contributed by atoms with Crippen LogP contribution in [-0.4, -0.2) is 45.0 Å². The molecule has 1 fully saturated rings. The number of nitrogens with zero attached hydrogens (tertiary/aromatic N) is 4. The Morgan fingerprint density at radius 3 is 2.63 bits per heavy atom. The average molecular weight is 599 g/mol. The summed E-state index contributed by atoms with van der Waals surface area (Å²) in [4.78, 5) is 30.0. The summed E-state index contributed by atoms with van der Waals surface area (Å²) in [7, 11) is 3.01. The van der Waals surface area contributed by atoms with E-state index in [4.69, 9.17) is 21.3 Å². The van der Waals surface area contributed by atoms with Gasteiger partial charge in [-0.1, -0.05) is 60.8 Å². The van der Waals surface area contributed by atoms with Gasteiger partial charge >= 0.3 is 0 Å². The molecular weight excluding hydrogens is 568 g/mol. The van der Waals surface area contributed by atoms with E-state index in [1.807, 2.05) is 24.3 Å². The van der Waals surface area contributed by atoms with Gasteiger partial charge in [-0.3, -0.25) is 9.59 Å². The number of hydrogen-bond donors (Lipinski definition) is 3. The first-order chi connectivity index (χ1) is 20.8. The van der Waals surface area contributed by atoms with E-state index in [0.717, 1.165) is 35.9 Å². The fourth-order valence-electron chi connectivity index (χ4n) is 5.33. The molecule has 1 aliphatic carbocycles. The van der Waals surface area contributed by atoms with Crippen molar-refractivity contribution < 1.29 is 14.6 Å². The normalized spacial score (nSPS) is 16.3. The van der Waals surface area contributed by atoms with Crippen molar-refractivity contribution in [3.8, 4) is 34.3 Å². The number of aromatic nitrogens is 3. The summed E-state index contributed by atoms with van der Waals surface area (Å²) in [5, 5.41) is 30.7. The lowest BCUT2D eigenvalue weighted by Gasteiger charge is -2.28. The van der Waals surface area contributed by atoms with Gasteiger partial charge in [0.05, 0.1) is 35.2 Å². The molecule has 3 N–H and O–H groups in total. The number of hydrogen-bond acceptors (Lipinski definition) is 8. The van der Waals surface area contributed by atoms with E-state index < -0.39 is 11.5 Å². The maximum atomic E-state index is 12.9. The lowest BCUT2D eigenvalue weighted by molar-refractivity contribution is 0.0901. The number of halogens is 1. The highest BCUT2D eigenvalue weighted by Crippen LogP contribution is 2.39. The smallest absolute Gasteiger partial charge is 0.279 e. The predicted octanol–water partition coefficient (Wildman–Crippen LogP) is 4.69. The molecule has 43 heavy (non-hydrogen) atoms. The number of carbonyl (C=O) groups excluding carboxylic acids is 1. The molecule has 1 amide bonds. The zero-order chi connectivity index (χ0) is 30.5. The molecule has 4 aromatic rings. The number of pyridine rings is 1. The number of methoxy groups -OCH3 is 1. The van der Waals surface area contributed by atoms with Crippen LogP contribution in [0.3, 0.4) is 0 Å². The van der Waals surface area contributed by atoms with Crippen molar-refractivity contribution in [2.75, 3.05) is 12.4 Å². The van der Waals surface area contributed by atoms with Crippen LogP contribution in [-0.2, 0) is 13.6 Å². The molecule has 2 aromatic heterocycles. The number of nitrogens with one attached hydrogen (secondary N) is 2. The first-order valence-electron chi connectivity index (χ1n) is 13.9. The summed E-state index contributed by atoms with van der Waals surface area (Å²) in [5.41, 5.74) is 2.94. The minimum atomic E-state index is -0.652. The third-order valence-corrected chi connectivity index (χ3v) is 8.06. The molecule has 2 aromatic carbocycles. The van der Waals surface area contributed by atoms with Crippen molar-refractivity contribution in [1.82, 2.24) is 20.1 Å². The Morgan fingerprint density at radius 1 is 1.12 bits per heavy atom. The van der Waals surface area contributed by atoms with Crippen molar-refractivity contribution in [3.63, 3.8) is 0 Å². The molecule has 11 heteroatoms. The number of nitriles is 1. The van der Waals surface area contributed by atoms with Crippen LogP contribution in [0.5, 0.6) is 5.88 Å². The molecule has 10 nitrogen and oxygen atoms in total. The van der Waals surface area contributed by atoms with Gasteiger partial charge in [0.1, 0.15) is 11.6 Å². The van der Waals surface area contributed by atoms with Crippen molar-refractivity contribution in [2.45, 2.75) is 44.4 Å². The quantitative estimate of drug-likeness (QED) is 0.265. The SMILES string of the molecule is COc1nc(-c2cccc(-c3cccc(NC(=O)c4ccnn(C)c4=O)c3C#N)c2Cl)ccc1CNC1CCCCC1O. The lowest BCUT2D eigenvalue weighted by atomic mass is 9.92. The fraction of sp³-hybridized carbons (Fsp3) is 0.281. The molecular formula is C32H31ClN6O4. The van der Waals surface area contributed by atoms with Gasteiger partial charge in [0, 0.05) is 48.1 Å². The summed E-state index contributed by atoms with van der Waals surface area (Å²) >= 11 is 6.94. The van der Waals surface area contributed by atoms with Crippen LogP contribution in [0.1, 0.15) is 47.2 Å². The number of carbonyl (C=O) groups is 1. The van der Waals surface area contributed by atoms with Gasteiger partial charge in [0.15, 0.2) is 0 Å². The number of aliphatic hydroxyl groups is 1. The molecule has 5 rings (SSSR count). The van der Waals surface area contributed by atoms with Crippen LogP contribution in [0.15, 0.2) is 65.6 Å². The van der Waals surface area contributed by atoms with E-state index in [1.165, 1.54) is 19.3 Å². The van der Waals surface area contributed by atoms with Crippen molar-refractivity contribution in [3.05, 3.63) is 92.9 Å². The van der Waals surface area contributed by atoms with Gasteiger partial charge in [0.2, 0.25) is 5.88 Å². The maximum Gasteiger partial charge on any atom is 0.279 e. The van der Waals surface area contributed by atoms with Crippen molar-refractivity contribution in [1.29, 1.82) is 5.26 Å². The summed E-state index contributed by atoms with van der Waals surface area (Å²) in [6.07, 6.45) is 4.85. The number of benzene rings is 2. The summed E-state index contributed by atoms with van der Waals surface area (Å²) in [6.45, 7) is 0.502. The van der Waals surface area contributed by atoms with Gasteiger partial charge in [-0.15, -0.1) is 0 Å². The maximum absolute atomic E-state index is 12.9. The Morgan fingerprint density at radius 2 is 1.86 bits per heavy atom. The van der Waals surface area contributed by atoms with Crippen LogP contribution in [0.4, 0.5) is 5.69 Å². The van der Waals surface area contributed by atoms with E-state index in [9.17, 15) is 20.0 Å². The number of rotatable bonds is 8. The summed E-state index contributed by atoms with van der Waals surface area (Å²) < 4.78 is 6.67. The highest BCUT2D eigenvalue weighted by Gasteiger charge is 2.23. The number of anilines is 1. The summed E-state index contributed by atoms with van der Waals surface area (Å²) in [6, 6.07) is 17.8. The zero-order valence-corrected chi connectivity index (χ0v) is 24.6. The van der Waals surface area contributed by atoms with Crippen LogP contribution in [0, 0.1) is 11.3 Å². The highest BCUT2D eigenvalue weighted by atomic mass is 35.5. The Bertz CT molecular complexity index is 1770. The third kappa shape index (κ3) is 6.29. The molecule has 2 atom stereocenters. The molecule has 0 radical (unpaired) electrons. The van der Waals surface area contributed by atoms with E-state index >= 15 is 0 Å². The van der Waals surface area contributed by atoms with Crippen molar-refractivity contribution >= 4 is 23.2 Å². The molecule has 0 spiro atoms. The van der Waals surface area contributed by atoms with E-state index in [2.05, 4.69) is 21.8 Å². The van der Waals surface area contributed by atoms with Crippen LogP contribution in [0.25, 0.3) is 22.4 Å². The first-order valence-corrected chi connectivity index (χ1v) is 14.3. The average Bonchev–Trinajstić information content (AvgIpc) is 3.02. The van der Waals surface area contributed by atoms with E-state index in [-0.39, 0.29) is 29.0 Å². The standard InChI is InChI=1S/C32H31ClN6O4/c1-39-32(42)23(15-16-36-39)30(41)37-25-11-6-7-20(24(25)17-34)21-8-5-9-22(29(21)33)26-14-13-19(31(38-26)43-2)18-35-27-10-3-4-12-28(27)40/h5-9,11,13-16,27-28,35,40H,3-4,10,12,18H2,1-2H3,(H,37,41). The van der Waals surface area contributed by atoms with Crippen LogP contribution in [0.2, 0.25) is 5.02 Å². The topological polar surface area (TPSA) is 142 Å². The molecule has 220 valence electrons. The van der Waals surface area contributed by atoms with Crippen LogP contribution < -0.4 is 20.9 Å². The zero-order valence-electron chi connectivity index (χ0n) is 23.8. The highest BCUT2D eigenvalue weighted by molar-refractivity contribution is 6.36. The van der Waals surface area contributed by atoms with E-state index in [0.29, 0.717) is 39.8 Å². The van der Waals surface area contributed by atoms with Gasteiger partial charge < -0.3 is 20.5 Å². The second-order valence-corrected chi connectivity index (χ2v) is 10.7. The molecule has 1 aliphatic rings. The Balaban J connectivity index is 1.44. The number of aliphatic hydroxyl groups excluding tert-OH is 1. The minimum Gasteiger partial charge on any atom is -0.481 e.